The van der Waals surface area contributed by atoms with Crippen molar-refractivity contribution in [2.45, 2.75) is 0 Å². The van der Waals surface area contributed by atoms with Gasteiger partial charge < -0.3 is 0 Å². The summed E-state index contributed by atoms with van der Waals surface area (Å²) in [7, 11) is 0. The molecule has 0 saturated carbocycles. The quantitative estimate of drug-likeness (QED) is 0.172. The molecule has 0 atom stereocenters. The highest BCUT2D eigenvalue weighted by atomic mass is 14.3. The lowest BCUT2D eigenvalue weighted by atomic mass is 9.80. The first-order chi connectivity index (χ1) is 23.8. The third-order valence-electron chi connectivity index (χ3n) is 10.8. The van der Waals surface area contributed by atoms with Crippen molar-refractivity contribution in [2.75, 3.05) is 0 Å². The second-order valence-electron chi connectivity index (χ2n) is 13.1. The molecular formula is C48H28. The zero-order chi connectivity index (χ0) is 31.3. The molecule has 0 nitrogen and oxygen atoms in total. The maximum atomic E-state index is 2.51. The predicted octanol–water partition coefficient (Wildman–Crippen LogP) is 13.6. The van der Waals surface area contributed by atoms with Gasteiger partial charge >= 0.3 is 0 Å². The zero-order valence-electron chi connectivity index (χ0n) is 26.2. The molecule has 0 saturated heterocycles. The van der Waals surface area contributed by atoms with Crippen molar-refractivity contribution in [3.05, 3.63) is 170 Å². The minimum atomic E-state index is 1.26. The van der Waals surface area contributed by atoms with Crippen molar-refractivity contribution in [2.24, 2.45) is 0 Å². The van der Waals surface area contributed by atoms with Gasteiger partial charge in [0.15, 0.2) is 0 Å². The first-order valence-corrected chi connectivity index (χ1v) is 16.8. The van der Waals surface area contributed by atoms with Crippen LogP contribution in [0, 0.1) is 0 Å². The van der Waals surface area contributed by atoms with Crippen LogP contribution >= 0.6 is 0 Å². The SMILES string of the molecule is c1ccc2c(-c3c4c(c(-c5cccc6ccccc56)c5ccccc35)-c3cc5c6ccccc6ccc5c5cccc-4c35)cccc2c1. The zero-order valence-corrected chi connectivity index (χ0v) is 26.2. The molecule has 1 aliphatic rings. The summed E-state index contributed by atoms with van der Waals surface area (Å²) in [6.45, 7) is 0. The number of benzene rings is 10. The van der Waals surface area contributed by atoms with Crippen LogP contribution in [0.2, 0.25) is 0 Å². The Hall–Kier alpha value is -6.24. The van der Waals surface area contributed by atoms with E-state index in [1.807, 2.05) is 0 Å². The molecule has 11 rings (SSSR count). The molecule has 0 fully saturated rings. The van der Waals surface area contributed by atoms with Crippen LogP contribution in [0.4, 0.5) is 0 Å². The number of rotatable bonds is 2. The summed E-state index contributed by atoms with van der Waals surface area (Å²) < 4.78 is 0. The second kappa shape index (κ2) is 9.64. The van der Waals surface area contributed by atoms with Crippen LogP contribution in [0.25, 0.3) is 109 Å². The Morgan fingerprint density at radius 2 is 0.646 bits per heavy atom. The van der Waals surface area contributed by atoms with Gasteiger partial charge in [-0.3, -0.25) is 0 Å². The monoisotopic (exact) mass is 604 g/mol. The van der Waals surface area contributed by atoms with E-state index in [0.717, 1.165) is 0 Å². The molecule has 0 heteroatoms. The molecule has 0 N–H and O–H groups in total. The van der Waals surface area contributed by atoms with E-state index in [0.29, 0.717) is 0 Å². The third-order valence-corrected chi connectivity index (χ3v) is 10.8. The van der Waals surface area contributed by atoms with Gasteiger partial charge in [-0.1, -0.05) is 164 Å². The third kappa shape index (κ3) is 3.39. The van der Waals surface area contributed by atoms with Crippen molar-refractivity contribution in [3.63, 3.8) is 0 Å². The molecule has 0 aliphatic heterocycles. The van der Waals surface area contributed by atoms with Crippen molar-refractivity contribution in [1.29, 1.82) is 0 Å². The highest BCUT2D eigenvalue weighted by molar-refractivity contribution is 6.33. The van der Waals surface area contributed by atoms with Crippen molar-refractivity contribution < 1.29 is 0 Å². The summed E-state index contributed by atoms with van der Waals surface area (Å²) in [6, 6.07) is 63.3. The summed E-state index contributed by atoms with van der Waals surface area (Å²) in [6.07, 6.45) is 0. The van der Waals surface area contributed by atoms with E-state index >= 15 is 0 Å². The van der Waals surface area contributed by atoms with E-state index < -0.39 is 0 Å². The standard InChI is InChI=1S/C48H28/c1-4-17-32-29(12-1)15-9-22-36(32)45-39-20-7-8-21-40(39)46(37-23-10-16-30-13-2-5-18-33(30)37)48-43-28-42-34-19-6-3-14-31(34)26-27-35(42)38-24-11-25-41(44(38)43)47(45)48/h1-28H. The van der Waals surface area contributed by atoms with Gasteiger partial charge in [0.05, 0.1) is 0 Å². The number of hydrogen-bond acceptors (Lipinski definition) is 0. The minimum Gasteiger partial charge on any atom is -0.0616 e. The van der Waals surface area contributed by atoms with Gasteiger partial charge in [-0.2, -0.15) is 0 Å². The largest absolute Gasteiger partial charge is 0.0616 e. The van der Waals surface area contributed by atoms with Crippen molar-refractivity contribution in [1.82, 2.24) is 0 Å². The van der Waals surface area contributed by atoms with Crippen LogP contribution in [-0.4, -0.2) is 0 Å². The molecule has 48 heavy (non-hydrogen) atoms. The van der Waals surface area contributed by atoms with E-state index in [-0.39, 0.29) is 0 Å². The Labute approximate surface area is 278 Å². The topological polar surface area (TPSA) is 0 Å². The van der Waals surface area contributed by atoms with E-state index in [1.165, 1.54) is 109 Å². The van der Waals surface area contributed by atoms with Gasteiger partial charge in [0, 0.05) is 0 Å². The summed E-state index contributed by atoms with van der Waals surface area (Å²) in [5, 5.41) is 15.5. The maximum absolute atomic E-state index is 2.51. The molecule has 0 radical (unpaired) electrons. The Balaban J connectivity index is 1.42. The van der Waals surface area contributed by atoms with E-state index in [4.69, 9.17) is 0 Å². The lowest BCUT2D eigenvalue weighted by molar-refractivity contribution is 1.66. The van der Waals surface area contributed by atoms with E-state index in [1.54, 1.807) is 0 Å². The van der Waals surface area contributed by atoms with Crippen molar-refractivity contribution in [3.8, 4) is 44.5 Å². The van der Waals surface area contributed by atoms with E-state index in [2.05, 4.69) is 170 Å². The highest BCUT2D eigenvalue weighted by Crippen LogP contribution is 2.59. The van der Waals surface area contributed by atoms with Crippen molar-refractivity contribution >= 4 is 64.6 Å². The van der Waals surface area contributed by atoms with Gasteiger partial charge in [0.2, 0.25) is 0 Å². The Kier molecular flexibility index (Phi) is 5.20. The van der Waals surface area contributed by atoms with Crippen LogP contribution in [0.5, 0.6) is 0 Å². The van der Waals surface area contributed by atoms with Gasteiger partial charge in [-0.25, -0.2) is 0 Å². The minimum absolute atomic E-state index is 1.26. The Morgan fingerprint density at radius 1 is 0.208 bits per heavy atom. The number of hydrogen-bond donors (Lipinski definition) is 0. The molecule has 0 heterocycles. The lowest BCUT2D eigenvalue weighted by Gasteiger charge is -2.22. The summed E-state index contributed by atoms with van der Waals surface area (Å²) in [4.78, 5) is 0. The first-order valence-electron chi connectivity index (χ1n) is 16.8. The van der Waals surface area contributed by atoms with Crippen LogP contribution in [0.15, 0.2) is 170 Å². The summed E-state index contributed by atoms with van der Waals surface area (Å²) in [5.74, 6) is 0. The van der Waals surface area contributed by atoms with E-state index in [9.17, 15) is 0 Å². The molecule has 10 aromatic rings. The fourth-order valence-corrected chi connectivity index (χ4v) is 8.80. The number of fused-ring (bicyclic) bond motifs is 10. The van der Waals surface area contributed by atoms with Crippen LogP contribution in [0.1, 0.15) is 0 Å². The first kappa shape index (κ1) is 25.9. The van der Waals surface area contributed by atoms with Crippen LogP contribution in [0.3, 0.4) is 0 Å². The fraction of sp³-hybridized carbons (Fsp3) is 0. The van der Waals surface area contributed by atoms with Gasteiger partial charge in [0.1, 0.15) is 0 Å². The normalized spacial score (nSPS) is 12.2. The predicted molar refractivity (Wildman–Crippen MR) is 207 cm³/mol. The molecular weight excluding hydrogens is 577 g/mol. The molecule has 0 bridgehead atoms. The van der Waals surface area contributed by atoms with Gasteiger partial charge in [-0.05, 0) is 115 Å². The average molecular weight is 605 g/mol. The summed E-state index contributed by atoms with van der Waals surface area (Å²) in [5.41, 5.74) is 10.5. The smallest absolute Gasteiger partial charge is 0.000696 e. The lowest BCUT2D eigenvalue weighted by Crippen LogP contribution is -1.95. The molecule has 0 aromatic heterocycles. The Morgan fingerprint density at radius 3 is 1.27 bits per heavy atom. The maximum Gasteiger partial charge on any atom is -0.000696 e. The molecule has 10 aromatic carbocycles. The second-order valence-corrected chi connectivity index (χ2v) is 13.1. The summed E-state index contributed by atoms with van der Waals surface area (Å²) >= 11 is 0. The fourth-order valence-electron chi connectivity index (χ4n) is 8.80. The molecule has 0 unspecified atom stereocenters. The van der Waals surface area contributed by atoms with Gasteiger partial charge in [0.25, 0.3) is 0 Å². The average Bonchev–Trinajstić information content (AvgIpc) is 3.48. The molecule has 1 aliphatic carbocycles. The van der Waals surface area contributed by atoms with Crippen LogP contribution in [-0.2, 0) is 0 Å². The molecule has 220 valence electrons. The van der Waals surface area contributed by atoms with Gasteiger partial charge in [-0.15, -0.1) is 0 Å². The van der Waals surface area contributed by atoms with Crippen LogP contribution < -0.4 is 0 Å². The Bertz CT molecular complexity index is 2990. The molecule has 0 spiro atoms. The highest BCUT2D eigenvalue weighted by Gasteiger charge is 2.32. The molecule has 0 amide bonds.